The monoisotopic (exact) mass is 440 g/mol. The van der Waals surface area contributed by atoms with E-state index < -0.39 is 10.0 Å². The summed E-state index contributed by atoms with van der Waals surface area (Å²) in [6.07, 6.45) is 1.90. The minimum Gasteiger partial charge on any atom is -0.354 e. The average Bonchev–Trinajstić information content (AvgIpc) is 2.63. The van der Waals surface area contributed by atoms with Gasteiger partial charge in [0, 0.05) is 17.3 Å². The molecule has 1 amide bonds. The van der Waals surface area contributed by atoms with Gasteiger partial charge < -0.3 is 5.32 Å². The quantitative estimate of drug-likeness (QED) is 0.570. The first-order chi connectivity index (χ1) is 13.3. The molecule has 0 radical (unpaired) electrons. The van der Waals surface area contributed by atoms with E-state index in [4.69, 9.17) is 11.6 Å². The molecule has 0 aliphatic rings. The smallest absolute Gasteiger partial charge is 0.240 e. The van der Waals surface area contributed by atoms with Crippen LogP contribution < -0.4 is 9.62 Å². The van der Waals surface area contributed by atoms with Gasteiger partial charge in [-0.1, -0.05) is 41.4 Å². The van der Waals surface area contributed by atoms with Crippen molar-refractivity contribution in [2.75, 3.05) is 29.4 Å². The molecule has 5 nitrogen and oxygen atoms in total. The number of nitrogens with zero attached hydrogens (tertiary/aromatic N) is 1. The Bertz CT molecular complexity index is 887. The molecule has 8 heteroatoms. The van der Waals surface area contributed by atoms with Crippen molar-refractivity contribution >= 4 is 45.0 Å². The summed E-state index contributed by atoms with van der Waals surface area (Å²) >= 11 is 7.66. The highest BCUT2D eigenvalue weighted by atomic mass is 35.5. The van der Waals surface area contributed by atoms with Gasteiger partial charge in [0.1, 0.15) is 6.54 Å². The van der Waals surface area contributed by atoms with Crippen molar-refractivity contribution in [3.05, 3.63) is 64.7 Å². The summed E-state index contributed by atoms with van der Waals surface area (Å²) in [6, 6.07) is 14.8. The Balaban J connectivity index is 1.74. The molecular weight excluding hydrogens is 416 g/mol. The summed E-state index contributed by atoms with van der Waals surface area (Å²) in [5.41, 5.74) is 2.96. The van der Waals surface area contributed by atoms with Gasteiger partial charge in [-0.05, 0) is 48.9 Å². The van der Waals surface area contributed by atoms with Crippen molar-refractivity contribution in [2.24, 2.45) is 0 Å². The molecule has 0 aromatic heterocycles. The predicted octanol–water partition coefficient (Wildman–Crippen LogP) is 3.85. The number of rotatable bonds is 10. The number of nitrogens with one attached hydrogen (secondary N) is 1. The summed E-state index contributed by atoms with van der Waals surface area (Å²) < 4.78 is 25.1. The molecule has 0 aliphatic carbocycles. The van der Waals surface area contributed by atoms with Gasteiger partial charge in [0.05, 0.1) is 11.9 Å². The van der Waals surface area contributed by atoms with E-state index in [1.807, 2.05) is 11.8 Å². The van der Waals surface area contributed by atoms with Crippen LogP contribution in [-0.2, 0) is 20.6 Å². The van der Waals surface area contributed by atoms with Gasteiger partial charge in [-0.3, -0.25) is 9.10 Å². The number of hydrogen-bond acceptors (Lipinski definition) is 4. The van der Waals surface area contributed by atoms with E-state index in [1.165, 1.54) is 11.1 Å². The first kappa shape index (κ1) is 22.6. The highest BCUT2D eigenvalue weighted by Gasteiger charge is 2.20. The van der Waals surface area contributed by atoms with Crippen molar-refractivity contribution in [3.8, 4) is 0 Å². The van der Waals surface area contributed by atoms with Gasteiger partial charge in [0.2, 0.25) is 15.9 Å². The average molecular weight is 441 g/mol. The van der Waals surface area contributed by atoms with Crippen LogP contribution in [-0.4, -0.2) is 39.4 Å². The van der Waals surface area contributed by atoms with Gasteiger partial charge in [-0.25, -0.2) is 8.42 Å². The number of aryl methyl sites for hydroxylation is 1. The minimum absolute atomic E-state index is 0.253. The van der Waals surface area contributed by atoms with Gasteiger partial charge >= 0.3 is 0 Å². The molecule has 0 saturated heterocycles. The fraction of sp³-hybridized carbons (Fsp3) is 0.350. The molecule has 0 aliphatic heterocycles. The third-order valence-corrected chi connectivity index (χ3v) is 6.45. The van der Waals surface area contributed by atoms with E-state index >= 15 is 0 Å². The van der Waals surface area contributed by atoms with Crippen LogP contribution in [0.2, 0.25) is 5.02 Å². The summed E-state index contributed by atoms with van der Waals surface area (Å²) in [5.74, 6) is 1.53. The van der Waals surface area contributed by atoms with Crippen LogP contribution in [0.5, 0.6) is 0 Å². The number of hydrogen-bond donors (Lipinski definition) is 1. The van der Waals surface area contributed by atoms with E-state index in [0.717, 1.165) is 28.5 Å². The summed E-state index contributed by atoms with van der Waals surface area (Å²) in [4.78, 5) is 12.2. The molecular formula is C20H25ClN2O3S2. The zero-order valence-corrected chi connectivity index (χ0v) is 18.4. The van der Waals surface area contributed by atoms with Crippen molar-refractivity contribution in [3.63, 3.8) is 0 Å². The van der Waals surface area contributed by atoms with Crippen molar-refractivity contribution in [1.29, 1.82) is 0 Å². The molecule has 0 spiro atoms. The fourth-order valence-electron chi connectivity index (χ4n) is 2.59. The topological polar surface area (TPSA) is 66.5 Å². The zero-order valence-electron chi connectivity index (χ0n) is 16.0. The first-order valence-electron chi connectivity index (χ1n) is 8.89. The van der Waals surface area contributed by atoms with Crippen molar-refractivity contribution in [2.45, 2.75) is 19.1 Å². The lowest BCUT2D eigenvalue weighted by Crippen LogP contribution is -2.40. The lowest BCUT2D eigenvalue weighted by molar-refractivity contribution is -0.119. The number of benzene rings is 2. The third-order valence-electron chi connectivity index (χ3n) is 3.94. The van der Waals surface area contributed by atoms with E-state index in [2.05, 4.69) is 36.5 Å². The highest BCUT2D eigenvalue weighted by Crippen LogP contribution is 2.20. The van der Waals surface area contributed by atoms with Crippen LogP contribution in [0.25, 0.3) is 0 Å². The molecule has 28 heavy (non-hydrogen) atoms. The SMILES string of the molecule is Cc1cccc(CSCCCNC(=O)CN(c2ccc(Cl)cc2)S(C)(=O)=O)c1. The number of halogens is 1. The number of thioether (sulfide) groups is 1. The minimum atomic E-state index is -3.57. The Morgan fingerprint density at radius 3 is 2.54 bits per heavy atom. The maximum atomic E-state index is 12.2. The number of anilines is 1. The Hall–Kier alpha value is -1.70. The van der Waals surface area contributed by atoms with E-state index in [-0.39, 0.29) is 12.5 Å². The van der Waals surface area contributed by atoms with Gasteiger partial charge in [0.15, 0.2) is 0 Å². The van der Waals surface area contributed by atoms with Gasteiger partial charge in [-0.2, -0.15) is 11.8 Å². The van der Waals surface area contributed by atoms with Gasteiger partial charge in [-0.15, -0.1) is 0 Å². The molecule has 2 rings (SSSR count). The molecule has 0 saturated carbocycles. The second kappa shape index (κ2) is 10.7. The predicted molar refractivity (Wildman–Crippen MR) is 119 cm³/mol. The molecule has 0 bridgehead atoms. The summed E-state index contributed by atoms with van der Waals surface area (Å²) in [7, 11) is -3.57. The van der Waals surface area contributed by atoms with Crippen LogP contribution in [0, 0.1) is 6.92 Å². The number of carbonyl (C=O) groups is 1. The van der Waals surface area contributed by atoms with Crippen molar-refractivity contribution in [1.82, 2.24) is 5.32 Å². The third kappa shape index (κ3) is 7.73. The molecule has 0 fully saturated rings. The second-order valence-corrected chi connectivity index (χ2v) is 9.94. The molecule has 2 aromatic rings. The van der Waals surface area contributed by atoms with Gasteiger partial charge in [0.25, 0.3) is 0 Å². The van der Waals surface area contributed by atoms with Crippen LogP contribution in [0.1, 0.15) is 17.5 Å². The molecule has 0 unspecified atom stereocenters. The Morgan fingerprint density at radius 2 is 1.89 bits per heavy atom. The molecule has 152 valence electrons. The number of sulfonamides is 1. The van der Waals surface area contributed by atoms with E-state index in [0.29, 0.717) is 17.3 Å². The van der Waals surface area contributed by atoms with Crippen LogP contribution in [0.4, 0.5) is 5.69 Å². The number of carbonyl (C=O) groups excluding carboxylic acids is 1. The Kier molecular flexibility index (Phi) is 8.66. The zero-order chi connectivity index (χ0) is 20.6. The molecule has 0 heterocycles. The normalized spacial score (nSPS) is 11.2. The van der Waals surface area contributed by atoms with Crippen LogP contribution >= 0.6 is 23.4 Å². The lowest BCUT2D eigenvalue weighted by Gasteiger charge is -2.21. The Morgan fingerprint density at radius 1 is 1.18 bits per heavy atom. The summed E-state index contributed by atoms with van der Waals surface area (Å²) in [5, 5.41) is 3.29. The number of amides is 1. The lowest BCUT2D eigenvalue weighted by atomic mass is 10.2. The largest absolute Gasteiger partial charge is 0.354 e. The van der Waals surface area contributed by atoms with Crippen LogP contribution in [0.15, 0.2) is 48.5 Å². The first-order valence-corrected chi connectivity index (χ1v) is 12.3. The maximum absolute atomic E-state index is 12.2. The second-order valence-electron chi connectivity index (χ2n) is 6.49. The van der Waals surface area contributed by atoms with E-state index in [1.54, 1.807) is 24.3 Å². The standard InChI is InChI=1S/C20H25ClN2O3S2/c1-16-5-3-6-17(13-16)15-27-12-4-11-22-20(24)14-23(28(2,25)26)19-9-7-18(21)8-10-19/h3,5-10,13H,4,11-12,14-15H2,1-2H3,(H,22,24). The highest BCUT2D eigenvalue weighted by molar-refractivity contribution is 7.98. The Labute approximate surface area is 176 Å². The fourth-order valence-corrected chi connectivity index (χ4v) is 4.48. The van der Waals surface area contributed by atoms with Crippen molar-refractivity contribution < 1.29 is 13.2 Å². The molecule has 1 N–H and O–H groups in total. The molecule has 2 aromatic carbocycles. The van der Waals surface area contributed by atoms with Crippen LogP contribution in [0.3, 0.4) is 0 Å². The summed E-state index contributed by atoms with van der Waals surface area (Å²) in [6.45, 7) is 2.34. The van der Waals surface area contributed by atoms with E-state index in [9.17, 15) is 13.2 Å². The molecule has 0 atom stereocenters. The maximum Gasteiger partial charge on any atom is 0.240 e.